The number of amides is 2. The SMILES string of the molecule is CCC(/C=C1\Oc2ccc(-c3ccccc3)cc2N1CCCS(=O)(=O)[O-])=C\c1sc2ccc(C)cc2[n+]1CCCCC(=O)Nc1cccc(N2CC=CCC2C(=O)O)c1.CCC(=Cc1oc2ccccc2[n+]1CC)C=C1N(CC)c2ccc(-c3ccccc3)cc2N1CCCCNC(=O)CCN1c2ccc(Cl)cc2CCC1C(=O)[O-]. The Morgan fingerprint density at radius 3 is 2.10 bits per heavy atom. The number of halogens is 1. The topological polar surface area (TPSA) is 239 Å². The molecule has 0 fully saturated rings. The van der Waals surface area contributed by atoms with E-state index in [1.54, 1.807) is 22.3 Å². The van der Waals surface area contributed by atoms with Crippen LogP contribution in [0.4, 0.5) is 34.1 Å². The number of oxazole rings is 1. The molecule has 0 bridgehead atoms. The van der Waals surface area contributed by atoms with Gasteiger partial charge >= 0.3 is 11.9 Å². The van der Waals surface area contributed by atoms with Crippen LogP contribution in [0.3, 0.4) is 0 Å². The Kier molecular flexibility index (Phi) is 26.8. The molecule has 4 aliphatic rings. The number of carboxylic acids is 2. The second kappa shape index (κ2) is 37.8. The van der Waals surface area contributed by atoms with Gasteiger partial charge in [0.2, 0.25) is 28.8 Å². The number of carbonyl (C=O) groups excluding carboxylic acids is 3. The maximum absolute atomic E-state index is 13.1. The van der Waals surface area contributed by atoms with Crippen molar-refractivity contribution in [1.29, 1.82) is 0 Å². The fourth-order valence-corrected chi connectivity index (χ4v) is 17.4. The fraction of sp³-hybridized carbons (Fsp3) is 0.304. The number of hydrogen-bond donors (Lipinski definition) is 3. The molecule has 596 valence electrons. The Morgan fingerprint density at radius 1 is 0.652 bits per heavy atom. The number of carbonyl (C=O) groups is 4. The average Bonchev–Trinajstić information content (AvgIpc) is 1.64. The van der Waals surface area contributed by atoms with Crippen molar-refractivity contribution in [1.82, 2.24) is 5.32 Å². The number of para-hydroxylation sites is 2. The summed E-state index contributed by atoms with van der Waals surface area (Å²) in [5.41, 5.74) is 17.1. The number of unbranched alkanes of at least 4 members (excludes halogenated alkanes) is 2. The number of nitrogens with zero attached hydrogens (tertiary/aromatic N) is 7. The molecule has 8 aromatic carbocycles. The third-order valence-electron chi connectivity index (χ3n) is 21.4. The summed E-state index contributed by atoms with van der Waals surface area (Å²) in [6.45, 7) is 15.3. The smallest absolute Gasteiger partial charge is 0.374 e. The van der Waals surface area contributed by atoms with Crippen LogP contribution in [-0.4, -0.2) is 98.9 Å². The predicted octanol–water partition coefficient (Wildman–Crippen LogP) is 16.6. The number of anilines is 6. The highest BCUT2D eigenvalue weighted by atomic mass is 35.5. The minimum atomic E-state index is -4.38. The number of thiazole rings is 1. The molecule has 10 aromatic rings. The van der Waals surface area contributed by atoms with Gasteiger partial charge in [0, 0.05) is 111 Å². The van der Waals surface area contributed by atoms with E-state index in [0.717, 1.165) is 145 Å². The summed E-state index contributed by atoms with van der Waals surface area (Å²) in [6, 6.07) is 59.1. The van der Waals surface area contributed by atoms with E-state index in [1.807, 2.05) is 137 Å². The molecule has 2 atom stereocenters. The van der Waals surface area contributed by atoms with Crippen molar-refractivity contribution < 1.29 is 60.6 Å². The van der Waals surface area contributed by atoms with Crippen molar-refractivity contribution in [3.05, 3.63) is 256 Å². The van der Waals surface area contributed by atoms with Crippen molar-refractivity contribution >= 4 is 124 Å². The first-order valence-corrected chi connectivity index (χ1v) is 42.6. The average molecular weight is 1610 g/mol. The third-order valence-corrected chi connectivity index (χ3v) is 23.6. The molecule has 2 aromatic heterocycles. The third kappa shape index (κ3) is 19.9. The molecule has 0 aliphatic carbocycles. The van der Waals surface area contributed by atoms with Gasteiger partial charge in [-0.05, 0) is 202 Å². The Morgan fingerprint density at radius 2 is 1.37 bits per heavy atom. The van der Waals surface area contributed by atoms with Crippen LogP contribution in [0.25, 0.3) is 55.7 Å². The zero-order chi connectivity index (χ0) is 80.7. The van der Waals surface area contributed by atoms with Gasteiger partial charge in [0.25, 0.3) is 10.5 Å². The van der Waals surface area contributed by atoms with E-state index in [0.29, 0.717) is 80.5 Å². The zero-order valence-corrected chi connectivity index (χ0v) is 68.0. The summed E-state index contributed by atoms with van der Waals surface area (Å²) in [5.74, 6) is 0.504. The van der Waals surface area contributed by atoms with E-state index in [2.05, 4.69) is 149 Å². The molecule has 115 heavy (non-hydrogen) atoms. The van der Waals surface area contributed by atoms with Gasteiger partial charge in [-0.2, -0.15) is 9.13 Å². The first-order chi connectivity index (χ1) is 55.7. The normalized spacial score (nSPS) is 16.1. The molecule has 2 unspecified atom stereocenters. The van der Waals surface area contributed by atoms with Crippen LogP contribution in [0.2, 0.25) is 5.02 Å². The number of rotatable bonds is 31. The molecule has 20 nitrogen and oxygen atoms in total. The number of nitrogens with one attached hydrogen (secondary N) is 2. The first-order valence-electron chi connectivity index (χ1n) is 39.8. The van der Waals surface area contributed by atoms with E-state index in [-0.39, 0.29) is 37.7 Å². The van der Waals surface area contributed by atoms with Crippen LogP contribution in [0.5, 0.6) is 5.75 Å². The van der Waals surface area contributed by atoms with Crippen LogP contribution < -0.4 is 54.1 Å². The summed E-state index contributed by atoms with van der Waals surface area (Å²) in [4.78, 5) is 60.4. The number of ether oxygens (including phenoxy) is 1. The van der Waals surface area contributed by atoms with Gasteiger partial charge in [-0.15, -0.1) is 0 Å². The zero-order valence-electron chi connectivity index (χ0n) is 65.6. The van der Waals surface area contributed by atoms with E-state index in [4.69, 9.17) is 20.8 Å². The number of hydrogen-bond acceptors (Lipinski definition) is 16. The second-order valence-corrected chi connectivity index (χ2v) is 32.2. The van der Waals surface area contributed by atoms with Crippen molar-refractivity contribution in [3.8, 4) is 28.0 Å². The predicted molar refractivity (Wildman–Crippen MR) is 457 cm³/mol. The molecule has 0 spiro atoms. The number of aromatic nitrogens is 2. The van der Waals surface area contributed by atoms with E-state index < -0.39 is 39.9 Å². The van der Waals surface area contributed by atoms with E-state index in [1.165, 1.54) is 11.3 Å². The Labute approximate surface area is 682 Å². The second-order valence-electron chi connectivity index (χ2n) is 29.1. The van der Waals surface area contributed by atoms with Crippen molar-refractivity contribution in [3.63, 3.8) is 0 Å². The molecule has 3 N–H and O–H groups in total. The minimum Gasteiger partial charge on any atom is -0.748 e. The van der Waals surface area contributed by atoms with E-state index >= 15 is 0 Å². The fourth-order valence-electron chi connectivity index (χ4n) is 15.5. The van der Waals surface area contributed by atoms with E-state index in [9.17, 15) is 42.4 Å². The number of benzene rings is 8. The molecule has 2 amide bonds. The monoisotopic (exact) mass is 1600 g/mol. The molecule has 0 saturated heterocycles. The molecule has 23 heteroatoms. The lowest BCUT2D eigenvalue weighted by molar-refractivity contribution is -0.674. The number of allylic oxidation sites excluding steroid dienone is 4. The molecule has 14 rings (SSSR count). The highest BCUT2D eigenvalue weighted by Gasteiger charge is 2.34. The lowest BCUT2D eigenvalue weighted by Crippen LogP contribution is -2.51. The lowest BCUT2D eigenvalue weighted by Gasteiger charge is -2.39. The quantitative estimate of drug-likeness (QED) is 0.0158. The first kappa shape index (κ1) is 81.7. The highest BCUT2D eigenvalue weighted by molar-refractivity contribution is 7.85. The summed E-state index contributed by atoms with van der Waals surface area (Å²) in [5, 5.41) is 29.5. The number of carboxylic acid groups (broad SMARTS) is 2. The summed E-state index contributed by atoms with van der Waals surface area (Å²) in [7, 11) is -4.38. The van der Waals surface area contributed by atoms with Crippen molar-refractivity contribution in [2.45, 2.75) is 137 Å². The molecule has 4 aliphatic heterocycles. The van der Waals surface area contributed by atoms with Crippen LogP contribution in [0.1, 0.15) is 120 Å². The Balaban J connectivity index is 0.000000201. The number of aryl methyl sites for hydroxylation is 4. The van der Waals surface area contributed by atoms with Gasteiger partial charge in [0.1, 0.15) is 23.1 Å². The Hall–Kier alpha value is -11.3. The minimum absolute atomic E-state index is 0.0997. The summed E-state index contributed by atoms with van der Waals surface area (Å²) in [6.07, 6.45) is 19.2. The summed E-state index contributed by atoms with van der Waals surface area (Å²) < 4.78 is 53.1. The molecular formula is C92H98ClN9O11S2. The van der Waals surface area contributed by atoms with Crippen LogP contribution >= 0.6 is 22.9 Å². The number of aliphatic carboxylic acids is 2. The maximum atomic E-state index is 13.1. The maximum Gasteiger partial charge on any atom is 0.374 e. The Bertz CT molecular complexity index is 5480. The number of fused-ring (bicyclic) bond motifs is 5. The van der Waals surface area contributed by atoms with Crippen molar-refractivity contribution in [2.75, 3.05) is 74.8 Å². The summed E-state index contributed by atoms with van der Waals surface area (Å²) >= 11 is 7.91. The largest absolute Gasteiger partial charge is 0.748 e. The van der Waals surface area contributed by atoms with Gasteiger partial charge in [-0.1, -0.05) is 146 Å². The molecule has 6 heterocycles. The van der Waals surface area contributed by atoms with Gasteiger partial charge in [-0.3, -0.25) is 9.59 Å². The van der Waals surface area contributed by atoms with Gasteiger partial charge in [0.05, 0.1) is 45.3 Å². The van der Waals surface area contributed by atoms with Crippen molar-refractivity contribution in [2.24, 2.45) is 0 Å². The molecular weight excluding hydrogens is 1510 g/mol. The van der Waals surface area contributed by atoms with Gasteiger partial charge in [0.15, 0.2) is 12.3 Å². The van der Waals surface area contributed by atoms with Crippen LogP contribution in [-0.2, 0) is 48.8 Å². The van der Waals surface area contributed by atoms with Gasteiger partial charge < -0.3 is 63.8 Å². The van der Waals surface area contributed by atoms with Gasteiger partial charge in [-0.25, -0.2) is 13.2 Å². The molecule has 0 radical (unpaired) electrons. The van der Waals surface area contributed by atoms with Crippen LogP contribution in [0.15, 0.2) is 234 Å². The lowest BCUT2D eigenvalue weighted by atomic mass is 9.95. The molecule has 0 saturated carbocycles. The standard InChI is InChI=1S/C46H50ClN5O4.C46H48N4O7S2/c1-4-32(29-45-50(6-3)39-16-10-11-17-42(39)56-45)28-44-49(5-2)38-21-18-34(33-14-8-7-9-15-33)31-41(38)52(44)26-13-12-25-48-43(53)24-27-51-37-23-20-36(47)30-35(37)19-22-40(51)46(54)55;1-3-33(28-44-49(25-12-26-59(54,55)56)39-30-35(20-21-41(39)57-44)34-13-5-4-6-14-34)29-45-50(40-27-32(2)19-22-42(40)58-45)24-10-8-18-43(51)47-36-15-11-16-37(31-36)48-23-9-7-17-38(48)46(52)53/h7-11,14-18,20-21,23,28-31,40H,4-6,12-13,19,22,24-27H2,1-3H3,(H-,48,53,54,55);4-7,9,11,13-16,19-22,27-31,38H,3,8,10,12,17-18,23-26H2,1-2H3,(H2-,47,51,52,53,54,55,56). The van der Waals surface area contributed by atoms with Crippen LogP contribution in [0, 0.1) is 6.92 Å². The highest BCUT2D eigenvalue weighted by Crippen LogP contribution is 2.46.